The summed E-state index contributed by atoms with van der Waals surface area (Å²) in [5, 5.41) is 11.2. The number of aromatic nitrogens is 1. The number of benzene rings is 2. The van der Waals surface area contributed by atoms with Gasteiger partial charge in [0, 0.05) is 24.5 Å². The van der Waals surface area contributed by atoms with Crippen LogP contribution in [0.2, 0.25) is 0 Å². The van der Waals surface area contributed by atoms with Gasteiger partial charge in [-0.15, -0.1) is 0 Å². The maximum atomic E-state index is 13.2. The van der Waals surface area contributed by atoms with Gasteiger partial charge in [0.15, 0.2) is 0 Å². The van der Waals surface area contributed by atoms with Crippen molar-refractivity contribution in [3.63, 3.8) is 0 Å². The van der Waals surface area contributed by atoms with Crippen LogP contribution >= 0.6 is 0 Å². The van der Waals surface area contributed by atoms with Crippen molar-refractivity contribution >= 4 is 17.4 Å². The number of amides is 1. The zero-order valence-corrected chi connectivity index (χ0v) is 18.7. The lowest BCUT2D eigenvalue weighted by atomic mass is 9.94. The summed E-state index contributed by atoms with van der Waals surface area (Å²) in [6.07, 6.45) is 4.18. The Kier molecular flexibility index (Phi) is 6.54. The van der Waals surface area contributed by atoms with Crippen LogP contribution in [0.3, 0.4) is 0 Å². The number of Topliss-reactive ketones (excluding diaryl/α,β-unsaturated/α-hetero) is 1. The third-order valence-electron chi connectivity index (χ3n) is 5.67. The molecule has 1 atom stereocenters. The molecule has 0 saturated carbocycles. The van der Waals surface area contributed by atoms with Crippen molar-refractivity contribution in [2.75, 3.05) is 6.61 Å². The first kappa shape index (κ1) is 22.3. The number of hydrogen-bond acceptors (Lipinski definition) is 5. The highest BCUT2D eigenvalue weighted by Crippen LogP contribution is 2.40. The van der Waals surface area contributed by atoms with E-state index >= 15 is 0 Å². The first-order valence-electron chi connectivity index (χ1n) is 11.0. The minimum absolute atomic E-state index is 0.0851. The number of pyridine rings is 1. The van der Waals surface area contributed by atoms with Crippen LogP contribution < -0.4 is 4.74 Å². The SMILES string of the molecule is CCCOc1ccc(/C(O)=C2/C(=O)C(=O)N(Cc3ccncc3)C2c2ccccc2)cc1C. The third kappa shape index (κ3) is 4.51. The molecule has 1 unspecified atom stereocenters. The summed E-state index contributed by atoms with van der Waals surface area (Å²) in [5.41, 5.74) is 3.00. The number of nitrogens with zero attached hydrogens (tertiary/aromatic N) is 2. The Labute approximate surface area is 193 Å². The number of hydrogen-bond donors (Lipinski definition) is 1. The summed E-state index contributed by atoms with van der Waals surface area (Å²) >= 11 is 0. The third-order valence-corrected chi connectivity index (χ3v) is 5.67. The second kappa shape index (κ2) is 9.69. The largest absolute Gasteiger partial charge is 0.507 e. The molecule has 0 spiro atoms. The Morgan fingerprint density at radius 3 is 2.45 bits per heavy atom. The second-order valence-electron chi connectivity index (χ2n) is 8.02. The molecular weight excluding hydrogens is 416 g/mol. The Morgan fingerprint density at radius 2 is 1.79 bits per heavy atom. The standard InChI is InChI=1S/C27H26N2O4/c1-3-15-33-22-10-9-21(16-18(22)2)25(30)23-24(20-7-5-4-6-8-20)29(27(32)26(23)31)17-19-11-13-28-14-12-19/h4-14,16,24,30H,3,15,17H2,1-2H3/b25-23-. The fourth-order valence-corrected chi connectivity index (χ4v) is 4.04. The number of likely N-dealkylation sites (tertiary alicyclic amines) is 1. The van der Waals surface area contributed by atoms with Crippen molar-refractivity contribution in [2.24, 2.45) is 0 Å². The van der Waals surface area contributed by atoms with E-state index in [9.17, 15) is 14.7 Å². The van der Waals surface area contributed by atoms with E-state index < -0.39 is 17.7 Å². The summed E-state index contributed by atoms with van der Waals surface area (Å²) in [6, 6.07) is 17.5. The average Bonchev–Trinajstić information content (AvgIpc) is 3.09. The van der Waals surface area contributed by atoms with Gasteiger partial charge in [0.1, 0.15) is 11.5 Å². The van der Waals surface area contributed by atoms with Gasteiger partial charge in [-0.3, -0.25) is 14.6 Å². The Balaban J connectivity index is 1.79. The molecule has 0 aliphatic carbocycles. The Morgan fingerprint density at radius 1 is 1.06 bits per heavy atom. The maximum absolute atomic E-state index is 13.2. The van der Waals surface area contributed by atoms with Gasteiger partial charge in [0.05, 0.1) is 18.2 Å². The van der Waals surface area contributed by atoms with Crippen LogP contribution in [-0.4, -0.2) is 33.3 Å². The lowest BCUT2D eigenvalue weighted by molar-refractivity contribution is -0.140. The molecule has 1 aromatic heterocycles. The summed E-state index contributed by atoms with van der Waals surface area (Å²) in [7, 11) is 0. The number of aryl methyl sites for hydroxylation is 1. The molecule has 2 heterocycles. The summed E-state index contributed by atoms with van der Waals surface area (Å²) in [5.74, 6) is -0.795. The van der Waals surface area contributed by atoms with Gasteiger partial charge >= 0.3 is 0 Å². The number of ether oxygens (including phenoxy) is 1. The lowest BCUT2D eigenvalue weighted by Gasteiger charge is -2.25. The Hall–Kier alpha value is -3.93. The normalized spacial score (nSPS) is 17.4. The number of rotatable bonds is 7. The van der Waals surface area contributed by atoms with Crippen LogP contribution in [0.15, 0.2) is 78.6 Å². The fourth-order valence-electron chi connectivity index (χ4n) is 4.04. The summed E-state index contributed by atoms with van der Waals surface area (Å²) in [4.78, 5) is 31.7. The maximum Gasteiger partial charge on any atom is 0.295 e. The van der Waals surface area contributed by atoms with Crippen molar-refractivity contribution in [1.82, 2.24) is 9.88 Å². The molecule has 33 heavy (non-hydrogen) atoms. The van der Waals surface area contributed by atoms with E-state index in [0.29, 0.717) is 12.2 Å². The molecule has 1 amide bonds. The van der Waals surface area contributed by atoms with Gasteiger partial charge in [0.25, 0.3) is 11.7 Å². The molecule has 1 aliphatic heterocycles. The van der Waals surface area contributed by atoms with Crippen LogP contribution in [0, 0.1) is 6.92 Å². The van der Waals surface area contributed by atoms with Gasteiger partial charge in [-0.2, -0.15) is 0 Å². The predicted octanol–water partition coefficient (Wildman–Crippen LogP) is 4.80. The van der Waals surface area contributed by atoms with Crippen LogP contribution in [-0.2, 0) is 16.1 Å². The van der Waals surface area contributed by atoms with Crippen molar-refractivity contribution in [1.29, 1.82) is 0 Å². The number of aliphatic hydroxyl groups excluding tert-OH is 1. The quantitative estimate of drug-likeness (QED) is 0.323. The zero-order valence-electron chi connectivity index (χ0n) is 18.7. The molecule has 6 nitrogen and oxygen atoms in total. The van der Waals surface area contributed by atoms with Crippen LogP contribution in [0.4, 0.5) is 0 Å². The van der Waals surface area contributed by atoms with Crippen molar-refractivity contribution in [2.45, 2.75) is 32.9 Å². The molecule has 2 aromatic carbocycles. The molecule has 0 bridgehead atoms. The summed E-state index contributed by atoms with van der Waals surface area (Å²) < 4.78 is 5.73. The van der Waals surface area contributed by atoms with Gasteiger partial charge in [-0.25, -0.2) is 0 Å². The van der Waals surface area contributed by atoms with Crippen LogP contribution in [0.5, 0.6) is 5.75 Å². The first-order valence-corrected chi connectivity index (χ1v) is 11.0. The highest BCUT2D eigenvalue weighted by molar-refractivity contribution is 6.46. The molecule has 1 N–H and O–H groups in total. The Bertz CT molecular complexity index is 1190. The van der Waals surface area contributed by atoms with E-state index in [-0.39, 0.29) is 17.9 Å². The smallest absolute Gasteiger partial charge is 0.295 e. The monoisotopic (exact) mass is 442 g/mol. The second-order valence-corrected chi connectivity index (χ2v) is 8.02. The van der Waals surface area contributed by atoms with Crippen molar-refractivity contribution < 1.29 is 19.4 Å². The van der Waals surface area contributed by atoms with E-state index in [1.54, 1.807) is 42.7 Å². The lowest BCUT2D eigenvalue weighted by Crippen LogP contribution is -2.29. The zero-order chi connectivity index (χ0) is 23.4. The molecule has 1 aliphatic rings. The minimum Gasteiger partial charge on any atom is -0.507 e. The molecule has 0 radical (unpaired) electrons. The van der Waals surface area contributed by atoms with Gasteiger partial charge in [-0.1, -0.05) is 37.3 Å². The highest BCUT2D eigenvalue weighted by Gasteiger charge is 2.46. The molecule has 168 valence electrons. The molecule has 1 saturated heterocycles. The van der Waals surface area contributed by atoms with Crippen LogP contribution in [0.25, 0.3) is 5.76 Å². The number of carbonyl (C=O) groups is 2. The fraction of sp³-hybridized carbons (Fsp3) is 0.222. The van der Waals surface area contributed by atoms with Gasteiger partial charge in [-0.05, 0) is 60.4 Å². The van der Waals surface area contributed by atoms with E-state index in [4.69, 9.17) is 4.74 Å². The number of ketones is 1. The van der Waals surface area contributed by atoms with E-state index in [1.807, 2.05) is 44.2 Å². The summed E-state index contributed by atoms with van der Waals surface area (Å²) in [6.45, 7) is 4.75. The van der Waals surface area contributed by atoms with E-state index in [2.05, 4.69) is 4.98 Å². The van der Waals surface area contributed by atoms with E-state index in [1.165, 1.54) is 4.90 Å². The molecular formula is C27H26N2O4. The molecule has 4 rings (SSSR count). The van der Waals surface area contributed by atoms with Gasteiger partial charge in [0.2, 0.25) is 0 Å². The first-order chi connectivity index (χ1) is 16.0. The van der Waals surface area contributed by atoms with Crippen molar-refractivity contribution in [3.05, 3.63) is 101 Å². The molecule has 1 fully saturated rings. The van der Waals surface area contributed by atoms with E-state index in [0.717, 1.165) is 28.9 Å². The molecule has 6 heteroatoms. The number of aliphatic hydroxyl groups is 1. The van der Waals surface area contributed by atoms with Crippen molar-refractivity contribution in [3.8, 4) is 5.75 Å². The van der Waals surface area contributed by atoms with Gasteiger partial charge < -0.3 is 14.7 Å². The van der Waals surface area contributed by atoms with Crippen LogP contribution in [0.1, 0.15) is 41.6 Å². The predicted molar refractivity (Wildman–Crippen MR) is 125 cm³/mol. The number of carbonyl (C=O) groups excluding carboxylic acids is 2. The minimum atomic E-state index is -0.698. The topological polar surface area (TPSA) is 79.7 Å². The highest BCUT2D eigenvalue weighted by atomic mass is 16.5. The average molecular weight is 443 g/mol. The molecule has 3 aromatic rings.